The van der Waals surface area contributed by atoms with E-state index in [-0.39, 0.29) is 10.2 Å². The van der Waals surface area contributed by atoms with Crippen LogP contribution in [0.2, 0.25) is 0 Å². The van der Waals surface area contributed by atoms with E-state index in [0.29, 0.717) is 18.2 Å². The number of halogens is 3. The molecule has 0 aliphatic carbocycles. The van der Waals surface area contributed by atoms with Crippen molar-refractivity contribution in [2.24, 2.45) is 0 Å². The molecule has 18 heavy (non-hydrogen) atoms. The van der Waals surface area contributed by atoms with Gasteiger partial charge in [-0.3, -0.25) is 0 Å². The van der Waals surface area contributed by atoms with E-state index in [1.165, 1.54) is 4.68 Å². The van der Waals surface area contributed by atoms with Gasteiger partial charge in [-0.25, -0.2) is 18.4 Å². The topological polar surface area (TPSA) is 42.7 Å². The standard InChI is InChI=1S/C11H11BrF2N4/c1-6-16-10(5-15-2)18(17-6)9-4-7(13)3-8(12)11(9)14/h3-4,15H,5H2,1-2H3. The van der Waals surface area contributed by atoms with E-state index in [9.17, 15) is 8.78 Å². The first-order chi connectivity index (χ1) is 8.52. The number of rotatable bonds is 3. The fourth-order valence-electron chi connectivity index (χ4n) is 1.62. The summed E-state index contributed by atoms with van der Waals surface area (Å²) in [5.74, 6) is -0.0908. The fraction of sp³-hybridized carbons (Fsp3) is 0.273. The van der Waals surface area contributed by atoms with E-state index in [2.05, 4.69) is 31.3 Å². The van der Waals surface area contributed by atoms with Gasteiger partial charge in [0.15, 0.2) is 5.82 Å². The highest BCUT2D eigenvalue weighted by Gasteiger charge is 2.16. The van der Waals surface area contributed by atoms with Gasteiger partial charge < -0.3 is 5.32 Å². The lowest BCUT2D eigenvalue weighted by atomic mass is 10.3. The molecule has 0 unspecified atom stereocenters. The van der Waals surface area contributed by atoms with Crippen molar-refractivity contribution in [1.29, 1.82) is 0 Å². The maximum absolute atomic E-state index is 14.0. The Kier molecular flexibility index (Phi) is 3.72. The Balaban J connectivity index is 2.61. The van der Waals surface area contributed by atoms with Gasteiger partial charge in [-0.05, 0) is 36.0 Å². The van der Waals surface area contributed by atoms with Gasteiger partial charge in [-0.2, -0.15) is 5.10 Å². The predicted octanol–water partition coefficient (Wildman–Crippen LogP) is 2.34. The van der Waals surface area contributed by atoms with E-state index >= 15 is 0 Å². The fourth-order valence-corrected chi connectivity index (χ4v) is 2.04. The van der Waals surface area contributed by atoms with Crippen molar-refractivity contribution in [3.63, 3.8) is 0 Å². The van der Waals surface area contributed by atoms with E-state index in [1.807, 2.05) is 0 Å². The number of nitrogens with zero attached hydrogens (tertiary/aromatic N) is 3. The second kappa shape index (κ2) is 5.11. The second-order valence-electron chi connectivity index (χ2n) is 3.74. The molecule has 2 aromatic rings. The molecule has 1 heterocycles. The predicted molar refractivity (Wildman–Crippen MR) is 66.5 cm³/mol. The lowest BCUT2D eigenvalue weighted by Crippen LogP contribution is -2.13. The molecule has 4 nitrogen and oxygen atoms in total. The summed E-state index contributed by atoms with van der Waals surface area (Å²) in [4.78, 5) is 4.16. The zero-order valence-corrected chi connectivity index (χ0v) is 11.4. The van der Waals surface area contributed by atoms with Crippen LogP contribution in [0.15, 0.2) is 16.6 Å². The average molecular weight is 317 g/mol. The summed E-state index contributed by atoms with van der Waals surface area (Å²) in [5, 5.41) is 6.99. The largest absolute Gasteiger partial charge is 0.313 e. The summed E-state index contributed by atoms with van der Waals surface area (Å²) < 4.78 is 28.7. The SMILES string of the molecule is CNCc1nc(C)nn1-c1cc(F)cc(Br)c1F. The first-order valence-electron chi connectivity index (χ1n) is 5.25. The minimum Gasteiger partial charge on any atom is -0.313 e. The Bertz CT molecular complexity index is 583. The third kappa shape index (κ3) is 2.41. The molecule has 0 saturated carbocycles. The van der Waals surface area contributed by atoms with Crippen molar-refractivity contribution >= 4 is 15.9 Å². The van der Waals surface area contributed by atoms with E-state index < -0.39 is 11.6 Å². The molecule has 0 radical (unpaired) electrons. The number of hydrogen-bond acceptors (Lipinski definition) is 3. The van der Waals surface area contributed by atoms with Gasteiger partial charge in [0.25, 0.3) is 0 Å². The Hall–Kier alpha value is -1.34. The second-order valence-corrected chi connectivity index (χ2v) is 4.59. The number of benzene rings is 1. The molecular formula is C11H11BrF2N4. The van der Waals surface area contributed by atoms with Crippen molar-refractivity contribution in [2.45, 2.75) is 13.5 Å². The average Bonchev–Trinajstić information content (AvgIpc) is 2.65. The maximum atomic E-state index is 14.0. The summed E-state index contributed by atoms with van der Waals surface area (Å²) in [6.45, 7) is 2.11. The molecule has 0 atom stereocenters. The van der Waals surface area contributed by atoms with Crippen LogP contribution in [0.4, 0.5) is 8.78 Å². The molecule has 0 saturated heterocycles. The first-order valence-corrected chi connectivity index (χ1v) is 6.04. The summed E-state index contributed by atoms with van der Waals surface area (Å²) in [5.41, 5.74) is 0.0349. The first kappa shape index (κ1) is 13.1. The molecular weight excluding hydrogens is 306 g/mol. The number of nitrogens with one attached hydrogen (secondary N) is 1. The van der Waals surface area contributed by atoms with E-state index in [1.54, 1.807) is 14.0 Å². The third-order valence-corrected chi connectivity index (χ3v) is 2.89. The van der Waals surface area contributed by atoms with Gasteiger partial charge >= 0.3 is 0 Å². The summed E-state index contributed by atoms with van der Waals surface area (Å²) in [7, 11) is 1.74. The van der Waals surface area contributed by atoms with Gasteiger partial charge in [-0.15, -0.1) is 0 Å². The van der Waals surface area contributed by atoms with Crippen LogP contribution in [-0.4, -0.2) is 21.8 Å². The molecule has 0 fully saturated rings. The van der Waals surface area contributed by atoms with Crippen LogP contribution < -0.4 is 5.32 Å². The van der Waals surface area contributed by atoms with E-state index in [4.69, 9.17) is 0 Å². The van der Waals surface area contributed by atoms with Crippen LogP contribution in [0.5, 0.6) is 0 Å². The molecule has 7 heteroatoms. The van der Waals surface area contributed by atoms with E-state index in [0.717, 1.165) is 12.1 Å². The van der Waals surface area contributed by atoms with Crippen LogP contribution in [0.3, 0.4) is 0 Å². The monoisotopic (exact) mass is 316 g/mol. The molecule has 0 amide bonds. The molecule has 96 valence electrons. The smallest absolute Gasteiger partial charge is 0.163 e. The van der Waals surface area contributed by atoms with Gasteiger partial charge in [-0.1, -0.05) is 0 Å². The van der Waals surface area contributed by atoms with Crippen molar-refractivity contribution in [1.82, 2.24) is 20.1 Å². The van der Waals surface area contributed by atoms with Gasteiger partial charge in [0, 0.05) is 6.07 Å². The third-order valence-electron chi connectivity index (χ3n) is 2.32. The Morgan fingerprint density at radius 1 is 1.39 bits per heavy atom. The van der Waals surface area contributed by atoms with Gasteiger partial charge in [0.1, 0.15) is 23.2 Å². The molecule has 1 aromatic carbocycles. The highest BCUT2D eigenvalue weighted by atomic mass is 79.9. The molecule has 0 aliphatic rings. The Labute approximate surface area is 111 Å². The van der Waals surface area contributed by atoms with Crippen LogP contribution in [0.25, 0.3) is 5.69 Å². The molecule has 1 N–H and O–H groups in total. The quantitative estimate of drug-likeness (QED) is 0.884. The Morgan fingerprint density at radius 2 is 2.11 bits per heavy atom. The van der Waals surface area contributed by atoms with Crippen molar-refractivity contribution < 1.29 is 8.78 Å². The zero-order valence-electron chi connectivity index (χ0n) is 9.84. The lowest BCUT2D eigenvalue weighted by Gasteiger charge is -2.08. The molecule has 0 aliphatic heterocycles. The molecule has 2 rings (SSSR count). The normalized spacial score (nSPS) is 10.9. The van der Waals surface area contributed by atoms with Crippen molar-refractivity contribution in [3.8, 4) is 5.69 Å². The minimum atomic E-state index is -0.571. The van der Waals surface area contributed by atoms with Crippen LogP contribution in [0, 0.1) is 18.6 Å². The summed E-state index contributed by atoms with van der Waals surface area (Å²) >= 11 is 2.97. The Morgan fingerprint density at radius 3 is 2.78 bits per heavy atom. The molecule has 0 bridgehead atoms. The van der Waals surface area contributed by atoms with Crippen LogP contribution in [0.1, 0.15) is 11.6 Å². The van der Waals surface area contributed by atoms with Gasteiger partial charge in [0.2, 0.25) is 0 Å². The number of aryl methyl sites for hydroxylation is 1. The highest BCUT2D eigenvalue weighted by molar-refractivity contribution is 9.10. The lowest BCUT2D eigenvalue weighted by molar-refractivity contribution is 0.574. The van der Waals surface area contributed by atoms with Crippen molar-refractivity contribution in [2.75, 3.05) is 7.05 Å². The molecule has 1 aromatic heterocycles. The van der Waals surface area contributed by atoms with Crippen LogP contribution >= 0.6 is 15.9 Å². The maximum Gasteiger partial charge on any atom is 0.163 e. The number of hydrogen-bond donors (Lipinski definition) is 1. The van der Waals surface area contributed by atoms with Gasteiger partial charge in [0.05, 0.1) is 11.0 Å². The highest BCUT2D eigenvalue weighted by Crippen LogP contribution is 2.24. The summed E-state index contributed by atoms with van der Waals surface area (Å²) in [6, 6.07) is 2.16. The minimum absolute atomic E-state index is 0.0349. The molecule has 0 spiro atoms. The van der Waals surface area contributed by atoms with Crippen molar-refractivity contribution in [3.05, 3.63) is 39.9 Å². The summed E-state index contributed by atoms with van der Waals surface area (Å²) in [6.07, 6.45) is 0. The number of aromatic nitrogens is 3. The zero-order chi connectivity index (χ0) is 13.3. The van der Waals surface area contributed by atoms with Crippen LogP contribution in [-0.2, 0) is 6.54 Å².